The van der Waals surface area contributed by atoms with Crippen LogP contribution >= 0.6 is 11.3 Å². The Hall–Kier alpha value is -1.44. The second-order valence-corrected chi connectivity index (χ2v) is 7.97. The maximum absolute atomic E-state index is 11.3. The molecule has 0 aliphatic carbocycles. The summed E-state index contributed by atoms with van der Waals surface area (Å²) >= 11 is 1.21. The van der Waals surface area contributed by atoms with E-state index < -0.39 is 5.97 Å². The van der Waals surface area contributed by atoms with Crippen molar-refractivity contribution < 1.29 is 24.5 Å². The second kappa shape index (κ2) is 10.6. The number of nitrogens with one attached hydrogen (secondary N) is 1. The molecule has 7 heteroatoms. The van der Waals surface area contributed by atoms with Gasteiger partial charge in [-0.25, -0.2) is 4.79 Å². The van der Waals surface area contributed by atoms with Gasteiger partial charge in [-0.1, -0.05) is 26.2 Å². The van der Waals surface area contributed by atoms with Gasteiger partial charge < -0.3 is 20.3 Å². The van der Waals surface area contributed by atoms with Gasteiger partial charge in [0.1, 0.15) is 4.88 Å². The van der Waals surface area contributed by atoms with Crippen molar-refractivity contribution in [3.05, 3.63) is 21.9 Å². The molecule has 146 valence electrons. The highest BCUT2D eigenvalue weighted by atomic mass is 32.1. The molecule has 1 amide bonds. The van der Waals surface area contributed by atoms with E-state index in [2.05, 4.69) is 12.2 Å². The number of aromatic carboxylic acids is 1. The Balaban J connectivity index is 1.91. The highest BCUT2D eigenvalue weighted by Crippen LogP contribution is 2.31. The monoisotopic (exact) mass is 383 g/mol. The first-order chi connectivity index (χ1) is 12.5. The van der Waals surface area contributed by atoms with Gasteiger partial charge in [0.2, 0.25) is 5.91 Å². The van der Waals surface area contributed by atoms with Crippen LogP contribution < -0.4 is 5.32 Å². The number of amides is 1. The Labute approximate surface area is 158 Å². The zero-order valence-corrected chi connectivity index (χ0v) is 16.1. The smallest absolute Gasteiger partial charge is 0.345 e. The standard InChI is InChI=1S/C19H29NO5S/c1-2-3-4-5-14(21)7-8-15(16-9-10-17(26-16)19(23)24)25-12-13-6-11-18(22)20-13/h9-10,13-15,21H,2-8,11-12H2,1H3,(H,20,22)(H,23,24)/t13?,14?,15-/m1/s1. The van der Waals surface area contributed by atoms with Gasteiger partial charge >= 0.3 is 5.97 Å². The van der Waals surface area contributed by atoms with Crippen LogP contribution in [-0.4, -0.2) is 40.8 Å². The minimum Gasteiger partial charge on any atom is -0.477 e. The second-order valence-electron chi connectivity index (χ2n) is 6.86. The molecule has 0 radical (unpaired) electrons. The molecule has 0 spiro atoms. The zero-order valence-electron chi connectivity index (χ0n) is 15.3. The molecular weight excluding hydrogens is 354 g/mol. The van der Waals surface area contributed by atoms with E-state index in [1.807, 2.05) is 0 Å². The molecule has 3 N–H and O–H groups in total. The van der Waals surface area contributed by atoms with Crippen LogP contribution in [0.15, 0.2) is 12.1 Å². The van der Waals surface area contributed by atoms with E-state index in [0.29, 0.717) is 25.9 Å². The highest BCUT2D eigenvalue weighted by Gasteiger charge is 2.24. The number of carbonyl (C=O) groups excluding carboxylic acids is 1. The van der Waals surface area contributed by atoms with E-state index in [-0.39, 0.29) is 29.0 Å². The summed E-state index contributed by atoms with van der Waals surface area (Å²) in [5.74, 6) is -0.895. The maximum atomic E-state index is 11.3. The molecule has 6 nitrogen and oxygen atoms in total. The van der Waals surface area contributed by atoms with Crippen molar-refractivity contribution in [2.75, 3.05) is 6.61 Å². The summed E-state index contributed by atoms with van der Waals surface area (Å²) in [7, 11) is 0. The van der Waals surface area contributed by atoms with Crippen LogP contribution in [0.3, 0.4) is 0 Å². The molecule has 2 heterocycles. The third kappa shape index (κ3) is 6.70. The lowest BCUT2D eigenvalue weighted by Crippen LogP contribution is -2.30. The van der Waals surface area contributed by atoms with Crippen molar-refractivity contribution >= 4 is 23.2 Å². The van der Waals surface area contributed by atoms with E-state index in [1.54, 1.807) is 12.1 Å². The van der Waals surface area contributed by atoms with Gasteiger partial charge in [-0.3, -0.25) is 4.79 Å². The van der Waals surface area contributed by atoms with Crippen LogP contribution in [0, 0.1) is 0 Å². The van der Waals surface area contributed by atoms with Gasteiger partial charge in [0, 0.05) is 11.3 Å². The molecule has 0 saturated carbocycles. The minimum absolute atomic E-state index is 0.0124. The van der Waals surface area contributed by atoms with Crippen LogP contribution in [0.1, 0.15) is 78.9 Å². The normalized spacial score (nSPS) is 19.3. The number of hydrogen-bond acceptors (Lipinski definition) is 5. The molecule has 1 aliphatic heterocycles. The van der Waals surface area contributed by atoms with E-state index in [4.69, 9.17) is 9.84 Å². The molecule has 1 aliphatic rings. The predicted molar refractivity (Wildman–Crippen MR) is 101 cm³/mol. The number of ether oxygens (including phenoxy) is 1. The summed E-state index contributed by atoms with van der Waals surface area (Å²) in [5.41, 5.74) is 0. The first kappa shape index (κ1) is 20.9. The van der Waals surface area contributed by atoms with Crippen LogP contribution in [0.25, 0.3) is 0 Å². The summed E-state index contributed by atoms with van der Waals surface area (Å²) in [5, 5.41) is 22.2. The Morgan fingerprint density at radius 1 is 1.35 bits per heavy atom. The van der Waals surface area contributed by atoms with Gasteiger partial charge in [0.15, 0.2) is 0 Å². The number of unbranched alkanes of at least 4 members (excludes halogenated alkanes) is 2. The van der Waals surface area contributed by atoms with Crippen LogP contribution in [-0.2, 0) is 9.53 Å². The first-order valence-electron chi connectivity index (χ1n) is 9.41. The molecule has 1 aromatic rings. The molecule has 1 aromatic heterocycles. The molecule has 2 rings (SSSR count). The Morgan fingerprint density at radius 3 is 2.77 bits per heavy atom. The lowest BCUT2D eigenvalue weighted by molar-refractivity contribution is -0.119. The van der Waals surface area contributed by atoms with E-state index >= 15 is 0 Å². The molecule has 3 atom stereocenters. The number of carboxylic acid groups (broad SMARTS) is 1. The van der Waals surface area contributed by atoms with E-state index in [1.165, 1.54) is 11.3 Å². The fourth-order valence-corrected chi connectivity index (χ4v) is 4.03. The van der Waals surface area contributed by atoms with Crippen molar-refractivity contribution in [3.63, 3.8) is 0 Å². The third-order valence-corrected chi connectivity index (χ3v) is 5.81. The van der Waals surface area contributed by atoms with Crippen molar-refractivity contribution in [3.8, 4) is 0 Å². The number of rotatable bonds is 12. The molecule has 1 saturated heterocycles. The number of aliphatic hydroxyl groups is 1. The fraction of sp³-hybridized carbons (Fsp3) is 0.684. The number of aliphatic hydroxyl groups excluding tert-OH is 1. The topological polar surface area (TPSA) is 95.9 Å². The fourth-order valence-electron chi connectivity index (χ4n) is 3.10. The molecule has 26 heavy (non-hydrogen) atoms. The van der Waals surface area contributed by atoms with Gasteiger partial charge in [-0.15, -0.1) is 11.3 Å². The quantitative estimate of drug-likeness (QED) is 0.480. The van der Waals surface area contributed by atoms with Crippen molar-refractivity contribution in [1.29, 1.82) is 0 Å². The lowest BCUT2D eigenvalue weighted by Gasteiger charge is -2.21. The lowest BCUT2D eigenvalue weighted by atomic mass is 10.0. The third-order valence-electron chi connectivity index (χ3n) is 4.64. The van der Waals surface area contributed by atoms with E-state index in [9.17, 15) is 14.7 Å². The van der Waals surface area contributed by atoms with Gasteiger partial charge in [0.25, 0.3) is 0 Å². The van der Waals surface area contributed by atoms with Crippen molar-refractivity contribution in [2.45, 2.75) is 76.5 Å². The maximum Gasteiger partial charge on any atom is 0.345 e. The van der Waals surface area contributed by atoms with Crippen molar-refractivity contribution in [1.82, 2.24) is 5.32 Å². The van der Waals surface area contributed by atoms with Gasteiger partial charge in [-0.2, -0.15) is 0 Å². The van der Waals surface area contributed by atoms with Crippen molar-refractivity contribution in [2.24, 2.45) is 0 Å². The van der Waals surface area contributed by atoms with Crippen LogP contribution in [0.5, 0.6) is 0 Å². The summed E-state index contributed by atoms with van der Waals surface area (Å²) in [6.45, 7) is 2.54. The zero-order chi connectivity index (χ0) is 18.9. The molecule has 1 fully saturated rings. The Morgan fingerprint density at radius 2 is 2.15 bits per heavy atom. The highest BCUT2D eigenvalue weighted by molar-refractivity contribution is 7.14. The summed E-state index contributed by atoms with van der Waals surface area (Å²) in [4.78, 5) is 23.6. The van der Waals surface area contributed by atoms with Gasteiger partial charge in [-0.05, 0) is 37.8 Å². The molecular formula is C19H29NO5S. The first-order valence-corrected chi connectivity index (χ1v) is 10.2. The largest absolute Gasteiger partial charge is 0.477 e. The number of thiophene rings is 1. The average molecular weight is 384 g/mol. The number of hydrogen-bond donors (Lipinski definition) is 3. The molecule has 0 bridgehead atoms. The SMILES string of the molecule is CCCCCC(O)CC[C@@H](OCC1CCC(=O)N1)c1ccc(C(=O)O)s1. The molecule has 0 aromatic carbocycles. The minimum atomic E-state index is -0.942. The van der Waals surface area contributed by atoms with E-state index in [0.717, 1.165) is 37.0 Å². The van der Waals surface area contributed by atoms with Crippen LogP contribution in [0.2, 0.25) is 0 Å². The summed E-state index contributed by atoms with van der Waals surface area (Å²) in [6, 6.07) is 3.39. The predicted octanol–water partition coefficient (Wildman–Crippen LogP) is 3.50. The number of carboxylic acids is 1. The Bertz CT molecular complexity index is 588. The summed E-state index contributed by atoms with van der Waals surface area (Å²) in [6.07, 6.45) is 5.95. The van der Waals surface area contributed by atoms with Crippen LogP contribution in [0.4, 0.5) is 0 Å². The van der Waals surface area contributed by atoms with Gasteiger partial charge in [0.05, 0.1) is 24.9 Å². The molecule has 2 unspecified atom stereocenters. The number of carbonyl (C=O) groups is 2. The average Bonchev–Trinajstić information content (AvgIpc) is 3.24. The summed E-state index contributed by atoms with van der Waals surface area (Å²) < 4.78 is 6.02. The Kier molecular flexibility index (Phi) is 8.54.